The van der Waals surface area contributed by atoms with E-state index < -0.39 is 11.4 Å². The van der Waals surface area contributed by atoms with Crippen molar-refractivity contribution in [3.8, 4) is 5.75 Å². The zero-order chi connectivity index (χ0) is 20.3. The summed E-state index contributed by atoms with van der Waals surface area (Å²) in [5, 5.41) is 0.981. The number of hydrogen-bond donors (Lipinski definition) is 0. The van der Waals surface area contributed by atoms with Gasteiger partial charge in [-0.25, -0.2) is 9.18 Å². The summed E-state index contributed by atoms with van der Waals surface area (Å²) in [6.07, 6.45) is 0.496. The van der Waals surface area contributed by atoms with E-state index in [1.807, 2.05) is 0 Å². The maximum absolute atomic E-state index is 14.0. The van der Waals surface area contributed by atoms with Crippen LogP contribution in [0.25, 0.3) is 11.0 Å². The third-order valence-corrected chi connectivity index (χ3v) is 4.75. The summed E-state index contributed by atoms with van der Waals surface area (Å²) in [6, 6.07) is 9.15. The van der Waals surface area contributed by atoms with E-state index in [-0.39, 0.29) is 29.6 Å². The Morgan fingerprint density at radius 1 is 1.25 bits per heavy atom. The zero-order valence-corrected chi connectivity index (χ0v) is 16.1. The normalized spacial score (nSPS) is 10.9. The fourth-order valence-electron chi connectivity index (χ4n) is 2.88. The molecule has 0 atom stereocenters. The molecule has 0 aliphatic carbocycles. The van der Waals surface area contributed by atoms with Crippen molar-refractivity contribution in [2.24, 2.45) is 0 Å². The number of carbonyl (C=O) groups excluding carboxylic acids is 1. The van der Waals surface area contributed by atoms with Gasteiger partial charge < -0.3 is 13.9 Å². The predicted octanol–water partition coefficient (Wildman–Crippen LogP) is 4.58. The Balaban J connectivity index is 1.99. The fraction of sp³-hybridized carbons (Fsp3) is 0.238. The number of methoxy groups -OCH3 is 1. The Morgan fingerprint density at radius 2 is 2.04 bits per heavy atom. The number of hydrogen-bond acceptors (Lipinski definition) is 5. The summed E-state index contributed by atoms with van der Waals surface area (Å²) in [4.78, 5) is 23.2. The van der Waals surface area contributed by atoms with E-state index >= 15 is 0 Å². The average Bonchev–Trinajstić information content (AvgIpc) is 2.65. The molecule has 5 nitrogen and oxygen atoms in total. The highest BCUT2D eigenvalue weighted by atomic mass is 35.5. The van der Waals surface area contributed by atoms with Crippen LogP contribution in [0.1, 0.15) is 23.1 Å². The first kappa shape index (κ1) is 19.9. The third-order valence-electron chi connectivity index (χ3n) is 4.39. The van der Waals surface area contributed by atoms with Gasteiger partial charge in [-0.05, 0) is 42.7 Å². The van der Waals surface area contributed by atoms with Gasteiger partial charge in [0.15, 0.2) is 0 Å². The number of esters is 1. The smallest absolute Gasteiger partial charge is 0.336 e. The summed E-state index contributed by atoms with van der Waals surface area (Å²) < 4.78 is 29.8. The number of halogens is 2. The Labute approximate surface area is 165 Å². The topological polar surface area (TPSA) is 65.7 Å². The van der Waals surface area contributed by atoms with Crippen LogP contribution in [0.5, 0.6) is 5.75 Å². The molecule has 2 aromatic carbocycles. The van der Waals surface area contributed by atoms with Gasteiger partial charge in [-0.2, -0.15) is 0 Å². The summed E-state index contributed by atoms with van der Waals surface area (Å²) >= 11 is 6.05. The monoisotopic (exact) mass is 404 g/mol. The molecular formula is C21H18ClFO5. The van der Waals surface area contributed by atoms with Gasteiger partial charge in [0.05, 0.1) is 12.1 Å². The van der Waals surface area contributed by atoms with Gasteiger partial charge in [-0.1, -0.05) is 17.7 Å². The molecule has 0 aliphatic rings. The lowest BCUT2D eigenvalue weighted by Gasteiger charge is -2.14. The van der Waals surface area contributed by atoms with Crippen molar-refractivity contribution in [1.82, 2.24) is 0 Å². The highest BCUT2D eigenvalue weighted by Crippen LogP contribution is 2.30. The molecule has 0 fully saturated rings. The second-order valence-corrected chi connectivity index (χ2v) is 6.68. The van der Waals surface area contributed by atoms with Crippen LogP contribution in [0, 0.1) is 12.7 Å². The minimum Gasteiger partial charge on any atom is -0.488 e. The Kier molecular flexibility index (Phi) is 5.99. The first-order valence-electron chi connectivity index (χ1n) is 8.59. The highest BCUT2D eigenvalue weighted by molar-refractivity contribution is 6.31. The van der Waals surface area contributed by atoms with Crippen LogP contribution in [-0.2, 0) is 22.6 Å². The second kappa shape index (κ2) is 8.44. The molecule has 146 valence electrons. The van der Waals surface area contributed by atoms with Crippen molar-refractivity contribution in [1.29, 1.82) is 0 Å². The molecule has 0 saturated heterocycles. The van der Waals surface area contributed by atoms with Crippen LogP contribution in [0.4, 0.5) is 4.39 Å². The zero-order valence-electron chi connectivity index (χ0n) is 15.4. The van der Waals surface area contributed by atoms with E-state index in [0.29, 0.717) is 23.3 Å². The first-order valence-corrected chi connectivity index (χ1v) is 8.96. The molecule has 7 heteroatoms. The van der Waals surface area contributed by atoms with E-state index in [1.54, 1.807) is 25.1 Å². The van der Waals surface area contributed by atoms with Crippen LogP contribution in [0.2, 0.25) is 5.02 Å². The van der Waals surface area contributed by atoms with Gasteiger partial charge in [0.25, 0.3) is 0 Å². The van der Waals surface area contributed by atoms with Crippen LogP contribution in [0.3, 0.4) is 0 Å². The van der Waals surface area contributed by atoms with Crippen molar-refractivity contribution in [3.05, 3.63) is 74.3 Å². The molecular weight excluding hydrogens is 387 g/mol. The van der Waals surface area contributed by atoms with Crippen LogP contribution < -0.4 is 10.4 Å². The quantitative estimate of drug-likeness (QED) is 0.444. The molecule has 0 radical (unpaired) electrons. The molecule has 1 aromatic heterocycles. The van der Waals surface area contributed by atoms with E-state index in [0.717, 1.165) is 10.9 Å². The third kappa shape index (κ3) is 4.34. The minimum atomic E-state index is -0.480. The van der Waals surface area contributed by atoms with Crippen molar-refractivity contribution in [2.45, 2.75) is 26.4 Å². The van der Waals surface area contributed by atoms with Crippen molar-refractivity contribution >= 4 is 28.5 Å². The number of fused-ring (bicyclic) bond motifs is 1. The number of benzene rings is 2. The van der Waals surface area contributed by atoms with Crippen LogP contribution >= 0.6 is 11.6 Å². The number of aryl methyl sites for hydroxylation is 2. The van der Waals surface area contributed by atoms with Crippen molar-refractivity contribution < 1.29 is 23.1 Å². The van der Waals surface area contributed by atoms with Gasteiger partial charge in [0, 0.05) is 29.5 Å². The molecule has 0 aliphatic heterocycles. The minimum absolute atomic E-state index is 0.113. The molecule has 3 rings (SSSR count). The van der Waals surface area contributed by atoms with Gasteiger partial charge in [0.2, 0.25) is 0 Å². The summed E-state index contributed by atoms with van der Waals surface area (Å²) in [7, 11) is 1.32. The molecule has 28 heavy (non-hydrogen) atoms. The fourth-order valence-corrected chi connectivity index (χ4v) is 3.10. The molecule has 0 spiro atoms. The Bertz CT molecular complexity index is 1070. The lowest BCUT2D eigenvalue weighted by atomic mass is 10.0. The van der Waals surface area contributed by atoms with Crippen molar-refractivity contribution in [2.75, 3.05) is 7.11 Å². The Hall–Kier alpha value is -2.86. The van der Waals surface area contributed by atoms with E-state index in [2.05, 4.69) is 0 Å². The molecule has 0 amide bonds. The lowest BCUT2D eigenvalue weighted by molar-refractivity contribution is -0.140. The van der Waals surface area contributed by atoms with Gasteiger partial charge in [0.1, 0.15) is 23.8 Å². The van der Waals surface area contributed by atoms with Gasteiger partial charge in [-0.3, -0.25) is 4.79 Å². The number of rotatable bonds is 6. The molecule has 0 N–H and O–H groups in total. The van der Waals surface area contributed by atoms with E-state index in [4.69, 9.17) is 25.5 Å². The second-order valence-electron chi connectivity index (χ2n) is 6.27. The molecule has 3 aromatic rings. The molecule has 0 unspecified atom stereocenters. The predicted molar refractivity (Wildman–Crippen MR) is 103 cm³/mol. The number of carbonyl (C=O) groups is 1. The summed E-state index contributed by atoms with van der Waals surface area (Å²) in [5.41, 5.74) is 1.54. The largest absolute Gasteiger partial charge is 0.488 e. The SMILES string of the molecule is COC(=O)CCc1cc2c(C)cc(=O)oc2cc1OCc1c(F)cccc1Cl. The molecule has 0 bridgehead atoms. The first-order chi connectivity index (χ1) is 13.4. The van der Waals surface area contributed by atoms with Crippen LogP contribution in [-0.4, -0.2) is 13.1 Å². The lowest BCUT2D eigenvalue weighted by Crippen LogP contribution is -2.06. The molecule has 1 heterocycles. The highest BCUT2D eigenvalue weighted by Gasteiger charge is 2.14. The summed E-state index contributed by atoms with van der Waals surface area (Å²) in [5.74, 6) is -0.462. The molecule has 0 saturated carbocycles. The maximum atomic E-state index is 14.0. The van der Waals surface area contributed by atoms with Crippen LogP contribution in [0.15, 0.2) is 45.6 Å². The average molecular weight is 405 g/mol. The van der Waals surface area contributed by atoms with E-state index in [1.165, 1.54) is 25.3 Å². The van der Waals surface area contributed by atoms with E-state index in [9.17, 15) is 14.0 Å². The van der Waals surface area contributed by atoms with Crippen molar-refractivity contribution in [3.63, 3.8) is 0 Å². The number of ether oxygens (including phenoxy) is 2. The maximum Gasteiger partial charge on any atom is 0.336 e. The summed E-state index contributed by atoms with van der Waals surface area (Å²) in [6.45, 7) is 1.68. The van der Waals surface area contributed by atoms with Gasteiger partial charge >= 0.3 is 11.6 Å². The van der Waals surface area contributed by atoms with Gasteiger partial charge in [-0.15, -0.1) is 0 Å². The standard InChI is InChI=1S/C21H18ClFO5/c1-12-8-21(25)28-19-10-18(13(9-14(12)19)6-7-20(24)26-2)27-11-15-16(22)4-3-5-17(15)23/h3-5,8-10H,6-7,11H2,1-2H3. The Morgan fingerprint density at radius 3 is 2.75 bits per heavy atom.